The van der Waals surface area contributed by atoms with E-state index < -0.39 is 0 Å². The molecule has 1 amide bonds. The number of aromatic nitrogens is 2. The van der Waals surface area contributed by atoms with Crippen LogP contribution < -0.4 is 4.90 Å². The lowest BCUT2D eigenvalue weighted by molar-refractivity contribution is -0.118. The lowest BCUT2D eigenvalue weighted by Gasteiger charge is -2.23. The number of aryl methyl sites for hydroxylation is 2. The number of amides is 1. The normalized spacial score (nSPS) is 13.0. The number of fused-ring (bicyclic) bond motifs is 1. The molecule has 0 spiro atoms. The number of benzene rings is 1. The van der Waals surface area contributed by atoms with Gasteiger partial charge in [0.15, 0.2) is 0 Å². The standard InChI is InChI=1S/C23H23N3O/c27-23(16-18-8-9-19-5-1-2-6-20(19)15-18)26(22-10-13-24-14-11-22)17-21-7-3-4-12-25-21/h3-4,7-15H,1-2,5-6,16-17H2. The number of pyridine rings is 2. The molecule has 2 heterocycles. The van der Waals surface area contributed by atoms with Gasteiger partial charge in [-0.05, 0) is 66.6 Å². The molecule has 27 heavy (non-hydrogen) atoms. The van der Waals surface area contributed by atoms with E-state index in [1.807, 2.05) is 30.3 Å². The molecular formula is C23H23N3O. The maximum Gasteiger partial charge on any atom is 0.231 e. The minimum absolute atomic E-state index is 0.0719. The Bertz CT molecular complexity index is 909. The van der Waals surface area contributed by atoms with Crippen molar-refractivity contribution in [1.29, 1.82) is 0 Å². The zero-order valence-electron chi connectivity index (χ0n) is 15.3. The fourth-order valence-corrected chi connectivity index (χ4v) is 3.67. The van der Waals surface area contributed by atoms with E-state index in [2.05, 4.69) is 28.2 Å². The van der Waals surface area contributed by atoms with E-state index in [0.717, 1.165) is 29.8 Å². The van der Waals surface area contributed by atoms with Crippen molar-refractivity contribution in [3.05, 3.63) is 89.5 Å². The van der Waals surface area contributed by atoms with Crippen molar-refractivity contribution < 1.29 is 4.79 Å². The van der Waals surface area contributed by atoms with Gasteiger partial charge in [0.25, 0.3) is 0 Å². The molecular weight excluding hydrogens is 334 g/mol. The maximum atomic E-state index is 13.2. The molecule has 136 valence electrons. The number of rotatable bonds is 5. The van der Waals surface area contributed by atoms with E-state index in [-0.39, 0.29) is 5.91 Å². The first kappa shape index (κ1) is 17.4. The smallest absolute Gasteiger partial charge is 0.231 e. The summed E-state index contributed by atoms with van der Waals surface area (Å²) >= 11 is 0. The summed E-state index contributed by atoms with van der Waals surface area (Å²) in [7, 11) is 0. The molecule has 4 heteroatoms. The number of carbonyl (C=O) groups is 1. The molecule has 0 N–H and O–H groups in total. The fraction of sp³-hybridized carbons (Fsp3) is 0.261. The highest BCUT2D eigenvalue weighted by atomic mass is 16.2. The van der Waals surface area contributed by atoms with Crippen LogP contribution in [0.3, 0.4) is 0 Å². The van der Waals surface area contributed by atoms with Crippen molar-refractivity contribution in [2.24, 2.45) is 0 Å². The number of hydrogen-bond acceptors (Lipinski definition) is 3. The molecule has 0 fully saturated rings. The molecule has 3 aromatic rings. The first-order valence-corrected chi connectivity index (χ1v) is 9.50. The minimum Gasteiger partial charge on any atom is -0.306 e. The summed E-state index contributed by atoms with van der Waals surface area (Å²) in [5.41, 5.74) is 5.65. The van der Waals surface area contributed by atoms with Crippen LogP contribution in [0.5, 0.6) is 0 Å². The number of anilines is 1. The van der Waals surface area contributed by atoms with Gasteiger partial charge in [0.05, 0.1) is 18.7 Å². The fourth-order valence-electron chi connectivity index (χ4n) is 3.67. The predicted molar refractivity (Wildman–Crippen MR) is 106 cm³/mol. The monoisotopic (exact) mass is 357 g/mol. The van der Waals surface area contributed by atoms with Crippen LogP contribution in [0.25, 0.3) is 0 Å². The van der Waals surface area contributed by atoms with Crippen molar-refractivity contribution in [3.63, 3.8) is 0 Å². The molecule has 1 aliphatic carbocycles. The molecule has 4 rings (SSSR count). The third-order valence-corrected chi connectivity index (χ3v) is 5.09. The average Bonchev–Trinajstić information content (AvgIpc) is 2.73. The summed E-state index contributed by atoms with van der Waals surface area (Å²) in [6, 6.07) is 16.0. The van der Waals surface area contributed by atoms with Crippen molar-refractivity contribution in [2.45, 2.75) is 38.6 Å². The number of hydrogen-bond donors (Lipinski definition) is 0. The van der Waals surface area contributed by atoms with Gasteiger partial charge in [0.2, 0.25) is 5.91 Å². The second-order valence-corrected chi connectivity index (χ2v) is 6.99. The summed E-state index contributed by atoms with van der Waals surface area (Å²) in [5, 5.41) is 0. The van der Waals surface area contributed by atoms with Gasteiger partial charge in [0, 0.05) is 24.3 Å². The van der Waals surface area contributed by atoms with Gasteiger partial charge >= 0.3 is 0 Å². The first-order chi connectivity index (χ1) is 13.3. The van der Waals surface area contributed by atoms with Crippen molar-refractivity contribution in [2.75, 3.05) is 4.90 Å². The Balaban J connectivity index is 1.57. The van der Waals surface area contributed by atoms with E-state index in [1.165, 1.54) is 24.0 Å². The Morgan fingerprint density at radius 1 is 0.926 bits per heavy atom. The van der Waals surface area contributed by atoms with Crippen LogP contribution in [0.15, 0.2) is 67.1 Å². The van der Waals surface area contributed by atoms with Crippen molar-refractivity contribution in [1.82, 2.24) is 9.97 Å². The van der Waals surface area contributed by atoms with Crippen LogP contribution in [-0.2, 0) is 30.6 Å². The highest BCUT2D eigenvalue weighted by molar-refractivity contribution is 5.94. The molecule has 0 saturated carbocycles. The summed E-state index contributed by atoms with van der Waals surface area (Å²) in [6.45, 7) is 0.453. The molecule has 1 aromatic carbocycles. The minimum atomic E-state index is 0.0719. The van der Waals surface area contributed by atoms with Gasteiger partial charge in [-0.2, -0.15) is 0 Å². The van der Waals surface area contributed by atoms with Crippen LogP contribution in [-0.4, -0.2) is 15.9 Å². The summed E-state index contributed by atoms with van der Waals surface area (Å²) in [4.78, 5) is 23.4. The Morgan fingerprint density at radius 2 is 1.74 bits per heavy atom. The Labute approximate surface area is 159 Å². The third kappa shape index (κ3) is 4.22. The van der Waals surface area contributed by atoms with Gasteiger partial charge in [-0.1, -0.05) is 24.3 Å². The first-order valence-electron chi connectivity index (χ1n) is 9.50. The van der Waals surface area contributed by atoms with Crippen LogP contribution in [0.1, 0.15) is 35.2 Å². The van der Waals surface area contributed by atoms with Gasteiger partial charge < -0.3 is 4.90 Å². The second kappa shape index (κ2) is 8.12. The van der Waals surface area contributed by atoms with Crippen LogP contribution >= 0.6 is 0 Å². The van der Waals surface area contributed by atoms with Crippen LogP contribution in [0.2, 0.25) is 0 Å². The third-order valence-electron chi connectivity index (χ3n) is 5.09. The highest BCUT2D eigenvalue weighted by Crippen LogP contribution is 2.23. The number of nitrogens with zero attached hydrogens (tertiary/aromatic N) is 3. The second-order valence-electron chi connectivity index (χ2n) is 6.99. The lowest BCUT2D eigenvalue weighted by atomic mass is 9.90. The van der Waals surface area contributed by atoms with E-state index in [1.54, 1.807) is 23.5 Å². The zero-order chi connectivity index (χ0) is 18.5. The topological polar surface area (TPSA) is 46.1 Å². The zero-order valence-corrected chi connectivity index (χ0v) is 15.3. The van der Waals surface area contributed by atoms with Gasteiger partial charge in [0.1, 0.15) is 0 Å². The molecule has 0 atom stereocenters. The molecule has 1 aliphatic rings. The van der Waals surface area contributed by atoms with Crippen molar-refractivity contribution >= 4 is 11.6 Å². The highest BCUT2D eigenvalue weighted by Gasteiger charge is 2.18. The average molecular weight is 357 g/mol. The summed E-state index contributed by atoms with van der Waals surface area (Å²) in [6.07, 6.45) is 10.4. The van der Waals surface area contributed by atoms with E-state index in [4.69, 9.17) is 0 Å². The molecule has 0 saturated heterocycles. The molecule has 2 aromatic heterocycles. The van der Waals surface area contributed by atoms with Gasteiger partial charge in [-0.25, -0.2) is 0 Å². The van der Waals surface area contributed by atoms with E-state index in [0.29, 0.717) is 13.0 Å². The molecule has 0 unspecified atom stereocenters. The largest absolute Gasteiger partial charge is 0.306 e. The molecule has 0 aliphatic heterocycles. The van der Waals surface area contributed by atoms with Crippen molar-refractivity contribution in [3.8, 4) is 0 Å². The Hall–Kier alpha value is -3.01. The predicted octanol–water partition coefficient (Wildman–Crippen LogP) is 4.13. The van der Waals surface area contributed by atoms with Gasteiger partial charge in [-0.3, -0.25) is 14.8 Å². The molecule has 0 bridgehead atoms. The van der Waals surface area contributed by atoms with E-state index in [9.17, 15) is 4.79 Å². The molecule has 4 nitrogen and oxygen atoms in total. The quantitative estimate of drug-likeness (QED) is 0.690. The maximum absolute atomic E-state index is 13.2. The van der Waals surface area contributed by atoms with Crippen LogP contribution in [0, 0.1) is 0 Å². The Morgan fingerprint density at radius 3 is 2.52 bits per heavy atom. The Kier molecular flexibility index (Phi) is 5.24. The van der Waals surface area contributed by atoms with Gasteiger partial charge in [-0.15, -0.1) is 0 Å². The lowest BCUT2D eigenvalue weighted by Crippen LogP contribution is -2.32. The van der Waals surface area contributed by atoms with Crippen LogP contribution in [0.4, 0.5) is 5.69 Å². The van der Waals surface area contributed by atoms with E-state index >= 15 is 0 Å². The molecule has 0 radical (unpaired) electrons. The summed E-state index contributed by atoms with van der Waals surface area (Å²) in [5.74, 6) is 0.0719. The summed E-state index contributed by atoms with van der Waals surface area (Å²) < 4.78 is 0. The number of carbonyl (C=O) groups excluding carboxylic acids is 1. The SMILES string of the molecule is O=C(Cc1ccc2c(c1)CCCC2)N(Cc1ccccn1)c1ccncc1.